The van der Waals surface area contributed by atoms with E-state index in [2.05, 4.69) is 20.6 Å². The zero-order valence-electron chi connectivity index (χ0n) is 18.2. The van der Waals surface area contributed by atoms with Gasteiger partial charge in [-0.05, 0) is 30.2 Å². The molecule has 0 saturated carbocycles. The molecule has 1 atom stereocenters. The predicted molar refractivity (Wildman–Crippen MR) is 130 cm³/mol. The quantitative estimate of drug-likeness (QED) is 0.537. The van der Waals surface area contributed by atoms with E-state index >= 15 is 0 Å². The van der Waals surface area contributed by atoms with Crippen LogP contribution in [-0.2, 0) is 11.2 Å². The summed E-state index contributed by atoms with van der Waals surface area (Å²) in [4.78, 5) is 32.9. The van der Waals surface area contributed by atoms with E-state index in [-0.39, 0.29) is 23.6 Å². The number of aliphatic imine (C=N–C) groups is 1. The van der Waals surface area contributed by atoms with Gasteiger partial charge in [0, 0.05) is 37.2 Å². The summed E-state index contributed by atoms with van der Waals surface area (Å²) in [6.45, 7) is 0.510. The molecule has 2 heterocycles. The summed E-state index contributed by atoms with van der Waals surface area (Å²) >= 11 is 1.61. The van der Waals surface area contributed by atoms with Crippen LogP contribution in [0.4, 0.5) is 0 Å². The summed E-state index contributed by atoms with van der Waals surface area (Å²) in [7, 11) is 1.56. The molecular weight excluding hydrogens is 436 g/mol. The lowest BCUT2D eigenvalue weighted by molar-refractivity contribution is -0.121. The van der Waals surface area contributed by atoms with Gasteiger partial charge in [0.25, 0.3) is 5.91 Å². The Balaban J connectivity index is 1.30. The molecule has 1 aliphatic heterocycles. The Hall–Kier alpha value is -3.65. The molecule has 2 aromatic carbocycles. The fourth-order valence-electron chi connectivity index (χ4n) is 3.32. The number of amides is 2. The van der Waals surface area contributed by atoms with Crippen molar-refractivity contribution in [3.63, 3.8) is 0 Å². The van der Waals surface area contributed by atoms with Gasteiger partial charge in [-0.25, -0.2) is 0 Å². The fourth-order valence-corrected chi connectivity index (χ4v) is 4.37. The van der Waals surface area contributed by atoms with Gasteiger partial charge in [-0.3, -0.25) is 19.6 Å². The van der Waals surface area contributed by atoms with Crippen molar-refractivity contribution in [1.82, 2.24) is 15.6 Å². The van der Waals surface area contributed by atoms with Crippen molar-refractivity contribution in [2.45, 2.75) is 12.5 Å². The Kier molecular flexibility index (Phi) is 7.36. The van der Waals surface area contributed by atoms with E-state index in [1.165, 1.54) is 6.20 Å². The molecule has 2 amide bonds. The molecule has 1 aliphatic rings. The molecule has 0 aliphatic carbocycles. The van der Waals surface area contributed by atoms with Crippen LogP contribution in [0.2, 0.25) is 0 Å². The standard InChI is InChI=1S/C25H24N4O3S/c1-26-23(30)21-15-20(11-13-27-21)32-19-9-5-6-17(14-19)10-12-28-24(31)22-16-33-25(29-22)18-7-3-2-4-8-18/h2-9,11,13-15,22H,10,12,16H2,1H3,(H,26,30)(H,28,31). The monoisotopic (exact) mass is 460 g/mol. The number of rotatable bonds is 8. The second kappa shape index (κ2) is 10.8. The Morgan fingerprint density at radius 1 is 1.06 bits per heavy atom. The molecule has 7 nitrogen and oxygen atoms in total. The largest absolute Gasteiger partial charge is 0.457 e. The van der Waals surface area contributed by atoms with E-state index in [9.17, 15) is 9.59 Å². The molecule has 1 aromatic heterocycles. The second-order valence-corrected chi connectivity index (χ2v) is 8.38. The number of carbonyl (C=O) groups excluding carboxylic acids is 2. The first-order chi connectivity index (χ1) is 16.1. The van der Waals surface area contributed by atoms with E-state index in [1.54, 1.807) is 30.9 Å². The number of thioether (sulfide) groups is 1. The van der Waals surface area contributed by atoms with Gasteiger partial charge in [0.05, 0.1) is 5.04 Å². The third-order valence-corrected chi connectivity index (χ3v) is 6.11. The molecule has 0 saturated heterocycles. The number of nitrogens with one attached hydrogen (secondary N) is 2. The molecule has 0 radical (unpaired) electrons. The summed E-state index contributed by atoms with van der Waals surface area (Å²) < 4.78 is 5.89. The Morgan fingerprint density at radius 2 is 1.88 bits per heavy atom. The van der Waals surface area contributed by atoms with E-state index < -0.39 is 0 Å². The molecule has 3 aromatic rings. The predicted octanol–water partition coefficient (Wildman–Crippen LogP) is 3.45. The van der Waals surface area contributed by atoms with Crippen LogP contribution in [0.5, 0.6) is 11.5 Å². The number of aromatic nitrogens is 1. The van der Waals surface area contributed by atoms with Crippen molar-refractivity contribution in [2.24, 2.45) is 4.99 Å². The highest BCUT2D eigenvalue weighted by Crippen LogP contribution is 2.24. The number of pyridine rings is 1. The maximum Gasteiger partial charge on any atom is 0.269 e. The number of benzene rings is 2. The summed E-state index contributed by atoms with van der Waals surface area (Å²) in [6.07, 6.45) is 2.20. The lowest BCUT2D eigenvalue weighted by Crippen LogP contribution is -2.35. The van der Waals surface area contributed by atoms with Crippen LogP contribution >= 0.6 is 11.8 Å². The van der Waals surface area contributed by atoms with Crippen LogP contribution in [0.1, 0.15) is 21.6 Å². The lowest BCUT2D eigenvalue weighted by Gasteiger charge is -2.10. The molecule has 33 heavy (non-hydrogen) atoms. The third kappa shape index (κ3) is 5.98. The van der Waals surface area contributed by atoms with Gasteiger partial charge in [0.15, 0.2) is 0 Å². The Morgan fingerprint density at radius 3 is 2.70 bits per heavy atom. The van der Waals surface area contributed by atoms with Crippen molar-refractivity contribution in [3.8, 4) is 11.5 Å². The van der Waals surface area contributed by atoms with Crippen LogP contribution < -0.4 is 15.4 Å². The minimum atomic E-state index is -0.360. The average molecular weight is 461 g/mol. The van der Waals surface area contributed by atoms with Gasteiger partial charge in [0.1, 0.15) is 23.2 Å². The molecule has 0 spiro atoms. The zero-order valence-corrected chi connectivity index (χ0v) is 19.0. The Bertz CT molecular complexity index is 1170. The van der Waals surface area contributed by atoms with Crippen LogP contribution in [0, 0.1) is 0 Å². The van der Waals surface area contributed by atoms with Gasteiger partial charge in [-0.15, -0.1) is 11.8 Å². The number of nitrogens with zero attached hydrogens (tertiary/aromatic N) is 2. The summed E-state index contributed by atoms with van der Waals surface area (Å²) in [6, 6.07) is 20.5. The van der Waals surface area contributed by atoms with E-state index in [4.69, 9.17) is 4.74 Å². The highest BCUT2D eigenvalue weighted by molar-refractivity contribution is 8.14. The van der Waals surface area contributed by atoms with Gasteiger partial charge in [0.2, 0.25) is 5.91 Å². The van der Waals surface area contributed by atoms with Gasteiger partial charge in [-0.1, -0.05) is 42.5 Å². The minimum Gasteiger partial charge on any atom is -0.457 e. The molecule has 8 heteroatoms. The first-order valence-corrected chi connectivity index (χ1v) is 11.6. The number of hydrogen-bond donors (Lipinski definition) is 2. The molecular formula is C25H24N4O3S. The maximum absolute atomic E-state index is 12.5. The maximum atomic E-state index is 12.5. The first kappa shape index (κ1) is 22.5. The van der Waals surface area contributed by atoms with E-state index in [0.717, 1.165) is 16.2 Å². The number of ether oxygens (including phenoxy) is 1. The third-order valence-electron chi connectivity index (χ3n) is 5.01. The summed E-state index contributed by atoms with van der Waals surface area (Å²) in [5, 5.41) is 6.44. The smallest absolute Gasteiger partial charge is 0.269 e. The van der Waals surface area contributed by atoms with Crippen LogP contribution in [0.15, 0.2) is 77.9 Å². The molecule has 0 fully saturated rings. The average Bonchev–Trinajstić information content (AvgIpc) is 3.35. The van der Waals surface area contributed by atoms with Crippen molar-refractivity contribution in [1.29, 1.82) is 0 Å². The van der Waals surface area contributed by atoms with Gasteiger partial charge < -0.3 is 15.4 Å². The summed E-state index contributed by atoms with van der Waals surface area (Å²) in [5.41, 5.74) is 2.37. The number of hydrogen-bond acceptors (Lipinski definition) is 6. The summed E-state index contributed by atoms with van der Waals surface area (Å²) in [5.74, 6) is 1.51. The molecule has 168 valence electrons. The SMILES string of the molecule is CNC(=O)c1cc(Oc2cccc(CCNC(=O)C3CSC(c4ccccc4)=N3)c2)ccn1. The second-order valence-electron chi connectivity index (χ2n) is 7.37. The topological polar surface area (TPSA) is 92.7 Å². The van der Waals surface area contributed by atoms with Gasteiger partial charge in [-0.2, -0.15) is 0 Å². The van der Waals surface area contributed by atoms with Crippen LogP contribution in [0.25, 0.3) is 0 Å². The molecule has 2 N–H and O–H groups in total. The fraction of sp³-hybridized carbons (Fsp3) is 0.200. The molecule has 1 unspecified atom stereocenters. The van der Waals surface area contributed by atoms with Crippen molar-refractivity contribution < 1.29 is 14.3 Å². The van der Waals surface area contributed by atoms with Gasteiger partial charge >= 0.3 is 0 Å². The van der Waals surface area contributed by atoms with E-state index in [0.29, 0.717) is 30.2 Å². The van der Waals surface area contributed by atoms with Crippen molar-refractivity contribution >= 4 is 28.6 Å². The van der Waals surface area contributed by atoms with Crippen LogP contribution in [-0.4, -0.2) is 47.2 Å². The van der Waals surface area contributed by atoms with Crippen molar-refractivity contribution in [3.05, 3.63) is 89.7 Å². The Labute approximate surface area is 196 Å². The highest BCUT2D eigenvalue weighted by atomic mass is 32.2. The first-order valence-electron chi connectivity index (χ1n) is 10.6. The van der Waals surface area contributed by atoms with Crippen molar-refractivity contribution in [2.75, 3.05) is 19.3 Å². The minimum absolute atomic E-state index is 0.0562. The van der Waals surface area contributed by atoms with E-state index in [1.807, 2.05) is 54.6 Å². The highest BCUT2D eigenvalue weighted by Gasteiger charge is 2.25. The van der Waals surface area contributed by atoms with Crippen LogP contribution in [0.3, 0.4) is 0 Å². The normalized spacial score (nSPS) is 14.9. The lowest BCUT2D eigenvalue weighted by atomic mass is 10.1. The molecule has 4 rings (SSSR count). The number of carbonyl (C=O) groups is 2. The molecule has 0 bridgehead atoms. The zero-order chi connectivity index (χ0) is 23.0.